The Kier molecular flexibility index (Phi) is 16.9. The number of hydrogen-bond donors (Lipinski definition) is 1. The van der Waals surface area contributed by atoms with Gasteiger partial charge in [0.25, 0.3) is 0 Å². The molecule has 0 heterocycles. The summed E-state index contributed by atoms with van der Waals surface area (Å²) in [5.41, 5.74) is 3.68. The SMILES string of the molecule is CC.CC.Cc1ccc(C)cc1.N=CN=Cc1ccccc1. The van der Waals surface area contributed by atoms with Crippen molar-refractivity contribution in [3.63, 3.8) is 0 Å². The van der Waals surface area contributed by atoms with Crippen LogP contribution in [0.1, 0.15) is 44.4 Å². The van der Waals surface area contributed by atoms with E-state index in [0.717, 1.165) is 11.9 Å². The van der Waals surface area contributed by atoms with Gasteiger partial charge < -0.3 is 0 Å². The fourth-order valence-corrected chi connectivity index (χ4v) is 1.30. The summed E-state index contributed by atoms with van der Waals surface area (Å²) in [5, 5.41) is 6.63. The predicted octanol–water partition coefficient (Wildman–Crippen LogP) is 6.07. The molecule has 0 aromatic heterocycles. The van der Waals surface area contributed by atoms with Gasteiger partial charge in [-0.25, -0.2) is 4.99 Å². The Balaban J connectivity index is 0. The van der Waals surface area contributed by atoms with Gasteiger partial charge in [-0.05, 0) is 19.4 Å². The average molecular weight is 298 g/mol. The zero-order valence-corrected chi connectivity index (χ0v) is 14.8. The lowest BCUT2D eigenvalue weighted by Crippen LogP contribution is -1.77. The highest BCUT2D eigenvalue weighted by atomic mass is 14.7. The molecule has 0 radical (unpaired) electrons. The zero-order chi connectivity index (χ0) is 17.2. The van der Waals surface area contributed by atoms with Crippen molar-refractivity contribution in [2.45, 2.75) is 41.5 Å². The highest BCUT2D eigenvalue weighted by Gasteiger charge is 1.80. The average Bonchev–Trinajstić information content (AvgIpc) is 2.61. The molecule has 0 fully saturated rings. The summed E-state index contributed by atoms with van der Waals surface area (Å²) in [6.07, 6.45) is 2.67. The molecule has 2 aromatic carbocycles. The summed E-state index contributed by atoms with van der Waals surface area (Å²) in [4.78, 5) is 3.66. The van der Waals surface area contributed by atoms with Crippen molar-refractivity contribution < 1.29 is 0 Å². The molecule has 2 rings (SSSR count). The van der Waals surface area contributed by atoms with Crippen LogP contribution in [-0.4, -0.2) is 12.6 Å². The molecule has 22 heavy (non-hydrogen) atoms. The van der Waals surface area contributed by atoms with Gasteiger partial charge in [0.15, 0.2) is 0 Å². The Morgan fingerprint density at radius 3 is 1.50 bits per heavy atom. The van der Waals surface area contributed by atoms with Gasteiger partial charge in [-0.1, -0.05) is 93.4 Å². The second-order valence-electron chi connectivity index (χ2n) is 3.97. The Labute approximate surface area is 136 Å². The minimum absolute atomic E-state index is 1.02. The number of nitrogens with one attached hydrogen (secondary N) is 1. The maximum atomic E-state index is 6.63. The van der Waals surface area contributed by atoms with E-state index < -0.39 is 0 Å². The lowest BCUT2D eigenvalue weighted by atomic mass is 10.2. The minimum Gasteiger partial charge on any atom is -0.290 e. The molecule has 0 saturated carbocycles. The van der Waals surface area contributed by atoms with E-state index in [-0.39, 0.29) is 0 Å². The summed E-state index contributed by atoms with van der Waals surface area (Å²) < 4.78 is 0. The van der Waals surface area contributed by atoms with Crippen molar-refractivity contribution in [3.05, 3.63) is 71.3 Å². The third kappa shape index (κ3) is 12.8. The molecule has 2 aromatic rings. The van der Waals surface area contributed by atoms with Crippen LogP contribution in [0.25, 0.3) is 0 Å². The highest BCUT2D eigenvalue weighted by Crippen LogP contribution is 1.99. The molecule has 0 saturated heterocycles. The first kappa shape index (κ1) is 22.1. The first-order valence-electron chi connectivity index (χ1n) is 7.83. The molecular formula is C20H30N2. The number of aryl methyl sites for hydroxylation is 2. The van der Waals surface area contributed by atoms with Crippen molar-refractivity contribution in [3.8, 4) is 0 Å². The lowest BCUT2D eigenvalue weighted by Gasteiger charge is -1.90. The molecule has 0 atom stereocenters. The van der Waals surface area contributed by atoms with E-state index in [4.69, 9.17) is 5.41 Å². The Morgan fingerprint density at radius 2 is 1.14 bits per heavy atom. The fourth-order valence-electron chi connectivity index (χ4n) is 1.30. The number of aliphatic imine (C=N–C) groups is 1. The van der Waals surface area contributed by atoms with E-state index in [1.807, 2.05) is 58.0 Å². The smallest absolute Gasteiger partial charge is 0.106 e. The number of benzene rings is 2. The lowest BCUT2D eigenvalue weighted by molar-refractivity contribution is 1.40. The topological polar surface area (TPSA) is 36.2 Å². The second-order valence-corrected chi connectivity index (χ2v) is 3.97. The quantitative estimate of drug-likeness (QED) is 0.516. The van der Waals surface area contributed by atoms with Crippen molar-refractivity contribution in [2.24, 2.45) is 4.99 Å². The first-order chi connectivity index (χ1) is 10.7. The molecule has 0 unspecified atom stereocenters. The molecule has 120 valence electrons. The maximum absolute atomic E-state index is 6.63. The van der Waals surface area contributed by atoms with Crippen LogP contribution in [0.2, 0.25) is 0 Å². The van der Waals surface area contributed by atoms with E-state index in [1.54, 1.807) is 6.21 Å². The van der Waals surface area contributed by atoms with E-state index in [0.29, 0.717) is 0 Å². The van der Waals surface area contributed by atoms with E-state index >= 15 is 0 Å². The summed E-state index contributed by atoms with van der Waals surface area (Å²) in [6.45, 7) is 12.2. The minimum atomic E-state index is 1.02. The van der Waals surface area contributed by atoms with Gasteiger partial charge in [-0.3, -0.25) is 5.41 Å². The van der Waals surface area contributed by atoms with Crippen LogP contribution in [0.5, 0.6) is 0 Å². The third-order valence-electron chi connectivity index (χ3n) is 2.32. The first-order valence-corrected chi connectivity index (χ1v) is 7.83. The fraction of sp³-hybridized carbons (Fsp3) is 0.300. The van der Waals surface area contributed by atoms with Crippen LogP contribution >= 0.6 is 0 Å². The Hall–Kier alpha value is -2.22. The number of nitrogens with zero attached hydrogens (tertiary/aromatic N) is 1. The van der Waals surface area contributed by atoms with E-state index in [9.17, 15) is 0 Å². The van der Waals surface area contributed by atoms with Crippen LogP contribution in [0.4, 0.5) is 0 Å². The van der Waals surface area contributed by atoms with Gasteiger partial charge in [0, 0.05) is 6.21 Å². The molecule has 0 bridgehead atoms. The standard InChI is InChI=1S/C8H8N2.C8H10.2C2H6/c9-7-10-6-8-4-2-1-3-5-8;1-7-3-5-8(2)6-4-7;2*1-2/h1-7,9H;3-6H,1-2H3;2*1-2H3. The highest BCUT2D eigenvalue weighted by molar-refractivity contribution is 5.84. The molecule has 2 heteroatoms. The Bertz CT molecular complexity index is 464. The van der Waals surface area contributed by atoms with Gasteiger partial charge in [0.2, 0.25) is 0 Å². The summed E-state index contributed by atoms with van der Waals surface area (Å²) in [5.74, 6) is 0. The van der Waals surface area contributed by atoms with Crippen LogP contribution in [0.3, 0.4) is 0 Å². The summed E-state index contributed by atoms with van der Waals surface area (Å²) >= 11 is 0. The molecule has 1 N–H and O–H groups in total. The predicted molar refractivity (Wildman–Crippen MR) is 101 cm³/mol. The third-order valence-corrected chi connectivity index (χ3v) is 2.32. The van der Waals surface area contributed by atoms with Crippen molar-refractivity contribution in [1.82, 2.24) is 0 Å². The van der Waals surface area contributed by atoms with Crippen LogP contribution in [0, 0.1) is 19.3 Å². The van der Waals surface area contributed by atoms with Gasteiger partial charge in [0.05, 0.1) is 0 Å². The van der Waals surface area contributed by atoms with Crippen molar-refractivity contribution in [2.75, 3.05) is 0 Å². The summed E-state index contributed by atoms with van der Waals surface area (Å²) in [6, 6.07) is 18.2. The van der Waals surface area contributed by atoms with Crippen LogP contribution in [-0.2, 0) is 0 Å². The number of rotatable bonds is 2. The van der Waals surface area contributed by atoms with E-state index in [2.05, 4.69) is 43.1 Å². The maximum Gasteiger partial charge on any atom is 0.106 e. The molecule has 2 nitrogen and oxygen atoms in total. The van der Waals surface area contributed by atoms with Crippen LogP contribution < -0.4 is 0 Å². The van der Waals surface area contributed by atoms with Crippen LogP contribution in [0.15, 0.2) is 59.6 Å². The zero-order valence-electron chi connectivity index (χ0n) is 14.8. The van der Waals surface area contributed by atoms with Crippen molar-refractivity contribution in [1.29, 1.82) is 5.41 Å². The molecule has 0 aliphatic rings. The largest absolute Gasteiger partial charge is 0.290 e. The van der Waals surface area contributed by atoms with Gasteiger partial charge in [0.1, 0.15) is 6.34 Å². The van der Waals surface area contributed by atoms with Crippen molar-refractivity contribution >= 4 is 12.6 Å². The van der Waals surface area contributed by atoms with E-state index in [1.165, 1.54) is 11.1 Å². The monoisotopic (exact) mass is 298 g/mol. The molecule has 0 aliphatic carbocycles. The number of hydrogen-bond acceptors (Lipinski definition) is 1. The van der Waals surface area contributed by atoms with Gasteiger partial charge in [-0.2, -0.15) is 0 Å². The molecular weight excluding hydrogens is 268 g/mol. The van der Waals surface area contributed by atoms with Gasteiger partial charge >= 0.3 is 0 Å². The summed E-state index contributed by atoms with van der Waals surface area (Å²) in [7, 11) is 0. The Morgan fingerprint density at radius 1 is 0.727 bits per heavy atom. The molecule has 0 spiro atoms. The normalized spacial score (nSPS) is 8.45. The molecule has 0 amide bonds. The molecule has 0 aliphatic heterocycles. The second kappa shape index (κ2) is 16.8. The van der Waals surface area contributed by atoms with Gasteiger partial charge in [-0.15, -0.1) is 0 Å².